The van der Waals surface area contributed by atoms with Crippen molar-refractivity contribution in [3.05, 3.63) is 0 Å². The molecule has 0 unspecified atom stereocenters. The van der Waals surface area contributed by atoms with Crippen LogP contribution in [0.25, 0.3) is 0 Å². The van der Waals surface area contributed by atoms with Crippen molar-refractivity contribution in [2.45, 2.75) is 19.4 Å². The highest BCUT2D eigenvalue weighted by molar-refractivity contribution is 5.41. The summed E-state index contributed by atoms with van der Waals surface area (Å²) in [6.07, 6.45) is 0. The van der Waals surface area contributed by atoms with Gasteiger partial charge in [0.1, 0.15) is 0 Å². The fraction of sp³-hybridized carbons (Fsp3) is 0.667. The normalized spacial score (nSPS) is 11.3. The number of hydrogen-bond donors (Lipinski definition) is 3. The van der Waals surface area contributed by atoms with Gasteiger partial charge in [-0.2, -0.15) is 15.0 Å². The predicted molar refractivity (Wildman–Crippen MR) is 63.4 cm³/mol. The van der Waals surface area contributed by atoms with Crippen LogP contribution in [-0.2, 0) is 0 Å². The predicted octanol–water partition coefficient (Wildman–Crippen LogP) is -0.297. The number of rotatable bonds is 4. The number of aromatic nitrogens is 3. The van der Waals surface area contributed by atoms with E-state index in [1.165, 1.54) is 0 Å². The molecule has 7 nitrogen and oxygen atoms in total. The number of aliphatic hydroxyl groups excluding tert-OH is 1. The Labute approximate surface area is 94.7 Å². The molecule has 0 saturated heterocycles. The van der Waals surface area contributed by atoms with E-state index in [1.807, 2.05) is 27.9 Å². The maximum Gasteiger partial charge on any atom is 0.231 e. The van der Waals surface area contributed by atoms with Crippen LogP contribution in [0.15, 0.2) is 0 Å². The van der Waals surface area contributed by atoms with Crippen molar-refractivity contribution >= 4 is 17.8 Å². The summed E-state index contributed by atoms with van der Waals surface area (Å²) in [6.45, 7) is 3.64. The number of hydrogen-bond acceptors (Lipinski definition) is 7. The molecule has 0 saturated carbocycles. The Bertz CT molecular complexity index is 365. The average Bonchev–Trinajstić information content (AvgIpc) is 2.16. The minimum Gasteiger partial charge on any atom is -0.394 e. The molecule has 1 heterocycles. The van der Waals surface area contributed by atoms with Crippen molar-refractivity contribution in [2.75, 3.05) is 36.7 Å². The third-order valence-corrected chi connectivity index (χ3v) is 1.89. The van der Waals surface area contributed by atoms with Crippen molar-refractivity contribution in [3.63, 3.8) is 0 Å². The quantitative estimate of drug-likeness (QED) is 0.648. The van der Waals surface area contributed by atoms with E-state index in [2.05, 4.69) is 20.3 Å². The summed E-state index contributed by atoms with van der Waals surface area (Å²) in [5.74, 6) is 0.980. The molecule has 7 heteroatoms. The van der Waals surface area contributed by atoms with Gasteiger partial charge >= 0.3 is 0 Å². The number of nitrogens with zero attached hydrogens (tertiary/aromatic N) is 4. The minimum atomic E-state index is -0.503. The van der Waals surface area contributed by atoms with Gasteiger partial charge in [-0.25, -0.2) is 0 Å². The number of nitrogens with one attached hydrogen (secondary N) is 1. The van der Waals surface area contributed by atoms with Crippen LogP contribution in [0.4, 0.5) is 17.8 Å². The molecular weight excluding hydrogens is 208 g/mol. The largest absolute Gasteiger partial charge is 0.394 e. The highest BCUT2D eigenvalue weighted by Crippen LogP contribution is 2.13. The van der Waals surface area contributed by atoms with Gasteiger partial charge in [0.25, 0.3) is 0 Å². The first kappa shape index (κ1) is 12.4. The Balaban J connectivity index is 2.97. The van der Waals surface area contributed by atoms with Crippen LogP contribution in [0.2, 0.25) is 0 Å². The molecule has 1 aromatic heterocycles. The summed E-state index contributed by atoms with van der Waals surface area (Å²) in [6, 6.07) is 0. The van der Waals surface area contributed by atoms with Crippen LogP contribution in [0.1, 0.15) is 13.8 Å². The lowest BCUT2D eigenvalue weighted by atomic mass is 10.1. The molecule has 1 aromatic rings. The first-order valence-electron chi connectivity index (χ1n) is 4.92. The van der Waals surface area contributed by atoms with Crippen molar-refractivity contribution in [3.8, 4) is 0 Å². The summed E-state index contributed by atoms with van der Waals surface area (Å²) in [5, 5.41) is 12.1. The summed E-state index contributed by atoms with van der Waals surface area (Å²) in [7, 11) is 3.63. The van der Waals surface area contributed by atoms with E-state index in [9.17, 15) is 0 Å². The molecule has 0 atom stereocenters. The second-order valence-electron chi connectivity index (χ2n) is 4.38. The van der Waals surface area contributed by atoms with E-state index < -0.39 is 5.54 Å². The fourth-order valence-corrected chi connectivity index (χ4v) is 0.979. The van der Waals surface area contributed by atoms with Gasteiger partial charge in [0, 0.05) is 14.1 Å². The second-order valence-corrected chi connectivity index (χ2v) is 4.38. The molecular formula is C9H18N6O. The summed E-state index contributed by atoms with van der Waals surface area (Å²) < 4.78 is 0. The van der Waals surface area contributed by atoms with Gasteiger partial charge in [0.05, 0.1) is 12.1 Å². The van der Waals surface area contributed by atoms with E-state index in [1.54, 1.807) is 4.90 Å². The van der Waals surface area contributed by atoms with Gasteiger partial charge in [-0.15, -0.1) is 0 Å². The zero-order valence-corrected chi connectivity index (χ0v) is 10.0. The first-order valence-corrected chi connectivity index (χ1v) is 4.92. The fourth-order valence-electron chi connectivity index (χ4n) is 0.979. The molecule has 0 aliphatic carbocycles. The lowest BCUT2D eigenvalue weighted by Crippen LogP contribution is -2.36. The number of aliphatic hydroxyl groups is 1. The van der Waals surface area contributed by atoms with Gasteiger partial charge in [0.2, 0.25) is 17.8 Å². The van der Waals surface area contributed by atoms with Crippen LogP contribution in [0.3, 0.4) is 0 Å². The Morgan fingerprint density at radius 2 is 1.94 bits per heavy atom. The highest BCUT2D eigenvalue weighted by atomic mass is 16.3. The van der Waals surface area contributed by atoms with Gasteiger partial charge in [-0.05, 0) is 13.8 Å². The molecule has 0 aliphatic heterocycles. The topological polar surface area (TPSA) is 100 Å². The Morgan fingerprint density at radius 3 is 2.44 bits per heavy atom. The lowest BCUT2D eigenvalue weighted by molar-refractivity contribution is 0.233. The molecule has 0 aliphatic rings. The number of anilines is 3. The lowest BCUT2D eigenvalue weighted by Gasteiger charge is -2.23. The Morgan fingerprint density at radius 1 is 1.31 bits per heavy atom. The molecule has 0 spiro atoms. The Kier molecular flexibility index (Phi) is 3.48. The summed E-state index contributed by atoms with van der Waals surface area (Å²) >= 11 is 0. The molecule has 0 radical (unpaired) electrons. The van der Waals surface area contributed by atoms with Gasteiger partial charge in [-0.1, -0.05) is 0 Å². The van der Waals surface area contributed by atoms with Gasteiger partial charge in [-0.3, -0.25) is 0 Å². The molecule has 0 amide bonds. The number of nitrogens with two attached hydrogens (primary N) is 1. The van der Waals surface area contributed by atoms with Crippen molar-refractivity contribution in [1.82, 2.24) is 15.0 Å². The van der Waals surface area contributed by atoms with Crippen LogP contribution in [0, 0.1) is 0 Å². The highest BCUT2D eigenvalue weighted by Gasteiger charge is 2.18. The maximum atomic E-state index is 9.13. The van der Waals surface area contributed by atoms with Crippen molar-refractivity contribution < 1.29 is 5.11 Å². The molecule has 4 N–H and O–H groups in total. The van der Waals surface area contributed by atoms with Crippen LogP contribution in [0.5, 0.6) is 0 Å². The van der Waals surface area contributed by atoms with E-state index in [4.69, 9.17) is 10.8 Å². The van der Waals surface area contributed by atoms with Crippen LogP contribution >= 0.6 is 0 Å². The Hall–Kier alpha value is -1.63. The van der Waals surface area contributed by atoms with E-state index in [-0.39, 0.29) is 12.6 Å². The second kappa shape index (κ2) is 4.48. The van der Waals surface area contributed by atoms with Gasteiger partial charge in [0.15, 0.2) is 0 Å². The molecule has 1 rings (SSSR count). The standard InChI is InChI=1S/C9H18N6O/c1-9(2,5-16)14-7-11-6(10)12-8(13-7)15(3)4/h16H,5H2,1-4H3,(H3,10,11,12,13,14). The molecule has 16 heavy (non-hydrogen) atoms. The van der Waals surface area contributed by atoms with E-state index in [0.29, 0.717) is 11.9 Å². The van der Waals surface area contributed by atoms with Crippen molar-refractivity contribution in [1.29, 1.82) is 0 Å². The monoisotopic (exact) mass is 226 g/mol. The minimum absolute atomic E-state index is 0.0319. The third-order valence-electron chi connectivity index (χ3n) is 1.89. The first-order chi connectivity index (χ1) is 7.34. The summed E-state index contributed by atoms with van der Waals surface area (Å²) in [5.41, 5.74) is 5.06. The zero-order valence-electron chi connectivity index (χ0n) is 10.0. The molecule has 0 fully saturated rings. The van der Waals surface area contributed by atoms with Gasteiger partial charge < -0.3 is 21.1 Å². The van der Waals surface area contributed by atoms with Crippen LogP contribution in [-0.4, -0.2) is 46.3 Å². The number of nitrogen functional groups attached to an aromatic ring is 1. The van der Waals surface area contributed by atoms with Crippen molar-refractivity contribution in [2.24, 2.45) is 0 Å². The maximum absolute atomic E-state index is 9.13. The SMILES string of the molecule is CN(C)c1nc(N)nc(NC(C)(C)CO)n1. The van der Waals surface area contributed by atoms with E-state index in [0.717, 1.165) is 0 Å². The smallest absolute Gasteiger partial charge is 0.231 e. The average molecular weight is 226 g/mol. The molecule has 0 aromatic carbocycles. The van der Waals surface area contributed by atoms with E-state index >= 15 is 0 Å². The zero-order chi connectivity index (χ0) is 12.3. The van der Waals surface area contributed by atoms with Crippen LogP contribution < -0.4 is 16.0 Å². The summed E-state index contributed by atoms with van der Waals surface area (Å²) in [4.78, 5) is 13.8. The molecule has 0 bridgehead atoms. The third kappa shape index (κ3) is 3.20. The molecule has 90 valence electrons.